The topological polar surface area (TPSA) is 84.7 Å². The quantitative estimate of drug-likeness (QED) is 0.791. The number of rotatable bonds is 4. The number of anilines is 1. The summed E-state index contributed by atoms with van der Waals surface area (Å²) < 4.78 is 5.45. The van der Waals surface area contributed by atoms with Crippen LogP contribution in [-0.2, 0) is 4.74 Å². The predicted molar refractivity (Wildman–Crippen MR) is 106 cm³/mol. The predicted octanol–water partition coefficient (Wildman–Crippen LogP) is 3.52. The Kier molecular flexibility index (Phi) is 5.63. The summed E-state index contributed by atoms with van der Waals surface area (Å²) in [6.07, 6.45) is 3.84. The van der Waals surface area contributed by atoms with Crippen LogP contribution in [0.5, 0.6) is 0 Å². The van der Waals surface area contributed by atoms with Gasteiger partial charge in [0.2, 0.25) is 0 Å². The molecule has 0 spiro atoms. The van der Waals surface area contributed by atoms with Gasteiger partial charge in [-0.2, -0.15) is 0 Å². The molecule has 2 fully saturated rings. The van der Waals surface area contributed by atoms with Crippen molar-refractivity contribution < 1.29 is 14.3 Å². The fraction of sp³-hybridized carbons (Fsp3) is 0.619. The van der Waals surface area contributed by atoms with Crippen LogP contribution in [-0.4, -0.2) is 42.1 Å². The van der Waals surface area contributed by atoms with Crippen molar-refractivity contribution in [3.8, 4) is 0 Å². The molecule has 1 saturated carbocycles. The highest BCUT2D eigenvalue weighted by molar-refractivity contribution is 5.95. The van der Waals surface area contributed by atoms with Crippen LogP contribution in [0.4, 0.5) is 10.5 Å². The van der Waals surface area contributed by atoms with E-state index in [2.05, 4.69) is 5.32 Å². The Labute approximate surface area is 161 Å². The first kappa shape index (κ1) is 19.5. The number of likely N-dealkylation sites (tertiary alicyclic amines) is 1. The second kappa shape index (κ2) is 7.79. The molecule has 0 bridgehead atoms. The lowest BCUT2D eigenvalue weighted by Crippen LogP contribution is -2.41. The minimum Gasteiger partial charge on any atom is -0.444 e. The van der Waals surface area contributed by atoms with Gasteiger partial charge in [0.05, 0.1) is 0 Å². The second-order valence-corrected chi connectivity index (χ2v) is 8.78. The molecule has 0 aromatic heterocycles. The lowest BCUT2D eigenvalue weighted by molar-refractivity contribution is 0.0205. The number of carbonyl (C=O) groups excluding carboxylic acids is 2. The highest BCUT2D eigenvalue weighted by Gasteiger charge is 2.28. The molecule has 3 N–H and O–H groups in total. The molecule has 0 radical (unpaired) electrons. The molecule has 1 aromatic carbocycles. The molecular weight excluding hydrogens is 342 g/mol. The molecule has 27 heavy (non-hydrogen) atoms. The summed E-state index contributed by atoms with van der Waals surface area (Å²) in [6.45, 7) is 7.67. The van der Waals surface area contributed by atoms with Crippen LogP contribution in [0.1, 0.15) is 68.3 Å². The summed E-state index contributed by atoms with van der Waals surface area (Å²) in [7, 11) is 0. The molecule has 1 aromatic rings. The van der Waals surface area contributed by atoms with Crippen molar-refractivity contribution in [2.24, 2.45) is 5.92 Å². The monoisotopic (exact) mass is 373 g/mol. The van der Waals surface area contributed by atoms with Crippen LogP contribution in [0.25, 0.3) is 0 Å². The number of amides is 2. The van der Waals surface area contributed by atoms with Gasteiger partial charge < -0.3 is 20.7 Å². The number of benzene rings is 1. The van der Waals surface area contributed by atoms with Gasteiger partial charge in [0.25, 0.3) is 5.91 Å². The van der Waals surface area contributed by atoms with Gasteiger partial charge in [-0.1, -0.05) is 0 Å². The van der Waals surface area contributed by atoms with Crippen molar-refractivity contribution in [2.75, 3.05) is 25.4 Å². The van der Waals surface area contributed by atoms with Crippen LogP contribution in [0.3, 0.4) is 0 Å². The minimum atomic E-state index is -0.482. The maximum Gasteiger partial charge on any atom is 0.410 e. The SMILES string of the molecule is CC(C)(C)OC(=O)N1CCC(c2cc(N)cc(C(=O)NCC3CC3)c2)CC1. The van der Waals surface area contributed by atoms with E-state index in [1.54, 1.807) is 11.0 Å². The smallest absolute Gasteiger partial charge is 0.410 e. The molecule has 3 rings (SSSR count). The third-order valence-corrected chi connectivity index (χ3v) is 5.11. The second-order valence-electron chi connectivity index (χ2n) is 8.78. The van der Waals surface area contributed by atoms with Gasteiger partial charge >= 0.3 is 6.09 Å². The van der Waals surface area contributed by atoms with Crippen LogP contribution in [0.15, 0.2) is 18.2 Å². The molecular formula is C21H31N3O3. The summed E-state index contributed by atoms with van der Waals surface area (Å²) in [4.78, 5) is 26.4. The van der Waals surface area contributed by atoms with Crippen LogP contribution >= 0.6 is 0 Å². The molecule has 1 aliphatic carbocycles. The number of ether oxygens (including phenoxy) is 1. The fourth-order valence-corrected chi connectivity index (χ4v) is 3.43. The average molecular weight is 373 g/mol. The summed E-state index contributed by atoms with van der Waals surface area (Å²) in [6, 6.07) is 5.64. The molecule has 6 heteroatoms. The van der Waals surface area contributed by atoms with Crippen molar-refractivity contribution in [1.29, 1.82) is 0 Å². The van der Waals surface area contributed by atoms with E-state index in [9.17, 15) is 9.59 Å². The lowest BCUT2D eigenvalue weighted by atomic mass is 9.88. The lowest BCUT2D eigenvalue weighted by Gasteiger charge is -2.33. The summed E-state index contributed by atoms with van der Waals surface area (Å²) >= 11 is 0. The third-order valence-electron chi connectivity index (χ3n) is 5.11. The van der Waals surface area contributed by atoms with E-state index in [0.717, 1.165) is 24.9 Å². The number of hydrogen-bond acceptors (Lipinski definition) is 4. The summed E-state index contributed by atoms with van der Waals surface area (Å²) in [5.74, 6) is 0.885. The van der Waals surface area contributed by atoms with Crippen molar-refractivity contribution in [1.82, 2.24) is 10.2 Å². The molecule has 1 saturated heterocycles. The van der Waals surface area contributed by atoms with Crippen molar-refractivity contribution in [2.45, 2.75) is 58.0 Å². The van der Waals surface area contributed by atoms with Gasteiger partial charge in [-0.3, -0.25) is 4.79 Å². The van der Waals surface area contributed by atoms with Gasteiger partial charge in [0.1, 0.15) is 5.60 Å². The van der Waals surface area contributed by atoms with E-state index < -0.39 is 5.60 Å². The van der Waals surface area contributed by atoms with Crippen LogP contribution in [0.2, 0.25) is 0 Å². The Bertz CT molecular complexity index is 699. The minimum absolute atomic E-state index is 0.0540. The normalized spacial score (nSPS) is 18.3. The molecule has 148 valence electrons. The largest absolute Gasteiger partial charge is 0.444 e. The Morgan fingerprint density at radius 2 is 1.81 bits per heavy atom. The maximum absolute atomic E-state index is 12.4. The molecule has 0 unspecified atom stereocenters. The summed E-state index contributed by atoms with van der Waals surface area (Å²) in [5.41, 5.74) is 7.89. The van der Waals surface area contributed by atoms with Gasteiger partial charge in [0, 0.05) is 30.9 Å². The number of nitrogens with two attached hydrogens (primary N) is 1. The number of carbonyl (C=O) groups is 2. The van der Waals surface area contributed by atoms with Gasteiger partial charge in [0.15, 0.2) is 0 Å². The average Bonchev–Trinajstić information content (AvgIpc) is 3.42. The highest BCUT2D eigenvalue weighted by atomic mass is 16.6. The van der Waals surface area contributed by atoms with E-state index >= 15 is 0 Å². The number of nitrogens with zero attached hydrogens (tertiary/aromatic N) is 1. The first-order valence-corrected chi connectivity index (χ1v) is 9.88. The van der Waals surface area contributed by atoms with E-state index in [0.29, 0.717) is 36.2 Å². The van der Waals surface area contributed by atoms with Gasteiger partial charge in [-0.25, -0.2) is 4.79 Å². The number of hydrogen-bond donors (Lipinski definition) is 2. The standard InChI is InChI=1S/C21H31N3O3/c1-21(2,3)27-20(26)24-8-6-15(7-9-24)16-10-17(12-18(22)11-16)19(25)23-13-14-4-5-14/h10-12,14-15H,4-9,13,22H2,1-3H3,(H,23,25). The molecule has 1 heterocycles. The van der Waals surface area contributed by atoms with Crippen molar-refractivity contribution >= 4 is 17.7 Å². The maximum atomic E-state index is 12.4. The first-order valence-electron chi connectivity index (χ1n) is 9.88. The first-order chi connectivity index (χ1) is 12.7. The Morgan fingerprint density at radius 1 is 1.15 bits per heavy atom. The zero-order valence-corrected chi connectivity index (χ0v) is 16.6. The fourth-order valence-electron chi connectivity index (χ4n) is 3.43. The number of piperidine rings is 1. The molecule has 2 aliphatic rings. The zero-order valence-electron chi connectivity index (χ0n) is 16.6. The van der Waals surface area contributed by atoms with E-state index in [1.165, 1.54) is 12.8 Å². The van der Waals surface area contributed by atoms with Crippen LogP contribution < -0.4 is 11.1 Å². The Hall–Kier alpha value is -2.24. The van der Waals surface area contributed by atoms with Gasteiger partial charge in [-0.15, -0.1) is 0 Å². The number of nitrogen functional groups attached to an aromatic ring is 1. The highest BCUT2D eigenvalue weighted by Crippen LogP contribution is 2.31. The number of nitrogens with one attached hydrogen (secondary N) is 1. The van der Waals surface area contributed by atoms with Crippen LogP contribution in [0, 0.1) is 5.92 Å². The molecule has 0 atom stereocenters. The zero-order chi connectivity index (χ0) is 19.6. The van der Waals surface area contributed by atoms with Crippen molar-refractivity contribution in [3.05, 3.63) is 29.3 Å². The third kappa shape index (κ3) is 5.62. The van der Waals surface area contributed by atoms with E-state index in [4.69, 9.17) is 10.5 Å². The van der Waals surface area contributed by atoms with E-state index in [-0.39, 0.29) is 12.0 Å². The molecule has 2 amide bonds. The Balaban J connectivity index is 1.60. The Morgan fingerprint density at radius 3 is 2.41 bits per heavy atom. The summed E-state index contributed by atoms with van der Waals surface area (Å²) in [5, 5.41) is 3.00. The molecule has 6 nitrogen and oxygen atoms in total. The van der Waals surface area contributed by atoms with Gasteiger partial charge in [-0.05, 0) is 82.1 Å². The molecule has 1 aliphatic heterocycles. The van der Waals surface area contributed by atoms with Crippen molar-refractivity contribution in [3.63, 3.8) is 0 Å². The van der Waals surface area contributed by atoms with E-state index in [1.807, 2.05) is 32.9 Å².